The van der Waals surface area contributed by atoms with Crippen molar-refractivity contribution >= 4 is 28.3 Å². The Bertz CT molecular complexity index is 1090. The van der Waals surface area contributed by atoms with Crippen molar-refractivity contribution in [1.29, 1.82) is 0 Å². The number of hydrogen-bond donors (Lipinski definition) is 2. The number of benzene rings is 1. The molecule has 1 aliphatic heterocycles. The molecular formula is C22H26N6O2. The summed E-state index contributed by atoms with van der Waals surface area (Å²) in [5.41, 5.74) is 3.02. The Balaban J connectivity index is 1.52. The molecule has 1 aliphatic carbocycles. The van der Waals surface area contributed by atoms with Gasteiger partial charge in [0, 0.05) is 24.7 Å². The predicted octanol–water partition coefficient (Wildman–Crippen LogP) is 2.76. The largest absolute Gasteiger partial charge is 0.394 e. The van der Waals surface area contributed by atoms with Gasteiger partial charge < -0.3 is 15.3 Å². The van der Waals surface area contributed by atoms with Gasteiger partial charge in [0.05, 0.1) is 36.1 Å². The van der Waals surface area contributed by atoms with Crippen molar-refractivity contribution in [3.05, 3.63) is 42.0 Å². The number of fused-ring (bicyclic) bond motifs is 1. The highest BCUT2D eigenvalue weighted by atomic mass is 16.3. The standard InChI is InChI=1S/C22H26N6O2/c1-15-23-7-2-20(25-15)26-21(30)17-12-16-14-24-28(10-11-29)18(16)13-19(17)27-8-5-22(3-4-22)6-9-27/h2,7,12-14,29H,3-6,8-11H2,1H3,(H,23,25,26,30). The Morgan fingerprint density at radius 2 is 2.03 bits per heavy atom. The van der Waals surface area contributed by atoms with Gasteiger partial charge in [-0.1, -0.05) is 0 Å². The normalized spacial score (nSPS) is 17.5. The minimum Gasteiger partial charge on any atom is -0.394 e. The van der Waals surface area contributed by atoms with E-state index in [1.165, 1.54) is 25.7 Å². The van der Waals surface area contributed by atoms with E-state index in [0.717, 1.165) is 29.7 Å². The van der Waals surface area contributed by atoms with Gasteiger partial charge >= 0.3 is 0 Å². The Kier molecular flexibility index (Phi) is 4.66. The SMILES string of the molecule is Cc1nccc(NC(=O)c2cc3cnn(CCO)c3cc2N2CCC3(CC2)CC3)n1. The average Bonchev–Trinajstić information content (AvgIpc) is 3.38. The van der Waals surface area contributed by atoms with Gasteiger partial charge in [-0.15, -0.1) is 0 Å². The second-order valence-electron chi connectivity index (χ2n) is 8.45. The molecule has 5 rings (SSSR count). The van der Waals surface area contributed by atoms with E-state index < -0.39 is 0 Å². The first-order valence-corrected chi connectivity index (χ1v) is 10.5. The summed E-state index contributed by atoms with van der Waals surface area (Å²) in [7, 11) is 0. The van der Waals surface area contributed by atoms with Crippen molar-refractivity contribution in [1.82, 2.24) is 19.7 Å². The van der Waals surface area contributed by atoms with E-state index in [2.05, 4.69) is 25.3 Å². The van der Waals surface area contributed by atoms with Crippen LogP contribution in [0.2, 0.25) is 0 Å². The van der Waals surface area contributed by atoms with Crippen LogP contribution in [-0.2, 0) is 6.54 Å². The number of carbonyl (C=O) groups is 1. The molecule has 8 nitrogen and oxygen atoms in total. The van der Waals surface area contributed by atoms with Crippen LogP contribution in [-0.4, -0.2) is 50.5 Å². The van der Waals surface area contributed by atoms with Crippen molar-refractivity contribution in [3.63, 3.8) is 0 Å². The maximum atomic E-state index is 13.2. The van der Waals surface area contributed by atoms with Crippen LogP contribution in [0, 0.1) is 12.3 Å². The summed E-state index contributed by atoms with van der Waals surface area (Å²) in [6, 6.07) is 5.64. The van der Waals surface area contributed by atoms with Crippen LogP contribution in [0.4, 0.5) is 11.5 Å². The number of hydrogen-bond acceptors (Lipinski definition) is 6. The highest BCUT2D eigenvalue weighted by Gasteiger charge is 2.44. The molecular weight excluding hydrogens is 380 g/mol. The second-order valence-corrected chi connectivity index (χ2v) is 8.45. The number of carbonyl (C=O) groups excluding carboxylic acids is 1. The zero-order valence-electron chi connectivity index (χ0n) is 17.1. The molecule has 0 bridgehead atoms. The molecule has 1 amide bonds. The van der Waals surface area contributed by atoms with Crippen molar-refractivity contribution in [2.75, 3.05) is 29.9 Å². The smallest absolute Gasteiger partial charge is 0.258 e. The van der Waals surface area contributed by atoms with E-state index in [1.54, 1.807) is 30.1 Å². The lowest BCUT2D eigenvalue weighted by atomic mass is 9.93. The topological polar surface area (TPSA) is 96.2 Å². The number of aromatic nitrogens is 4. The van der Waals surface area contributed by atoms with Gasteiger partial charge in [-0.05, 0) is 56.2 Å². The predicted molar refractivity (Wildman–Crippen MR) is 115 cm³/mol. The van der Waals surface area contributed by atoms with Crippen LogP contribution in [0.25, 0.3) is 10.9 Å². The number of nitrogens with one attached hydrogen (secondary N) is 1. The molecule has 1 aromatic carbocycles. The first-order chi connectivity index (χ1) is 14.6. The molecule has 3 aromatic rings. The third-order valence-corrected chi connectivity index (χ3v) is 6.46. The van der Waals surface area contributed by atoms with E-state index in [0.29, 0.717) is 29.2 Å². The Morgan fingerprint density at radius 3 is 2.73 bits per heavy atom. The summed E-state index contributed by atoms with van der Waals surface area (Å²) in [6.07, 6.45) is 8.41. The second kappa shape index (κ2) is 7.36. The third-order valence-electron chi connectivity index (χ3n) is 6.46. The quantitative estimate of drug-likeness (QED) is 0.676. The lowest BCUT2D eigenvalue weighted by Crippen LogP contribution is -2.35. The fraction of sp³-hybridized carbons (Fsp3) is 0.455. The number of rotatable bonds is 5. The maximum absolute atomic E-state index is 13.2. The molecule has 1 spiro atoms. The van der Waals surface area contributed by atoms with Crippen molar-refractivity contribution in [2.45, 2.75) is 39.2 Å². The molecule has 2 aliphatic rings. The van der Waals surface area contributed by atoms with Crippen LogP contribution in [0.5, 0.6) is 0 Å². The number of aryl methyl sites for hydroxylation is 1. The van der Waals surface area contributed by atoms with E-state index >= 15 is 0 Å². The first-order valence-electron chi connectivity index (χ1n) is 10.5. The van der Waals surface area contributed by atoms with E-state index in [4.69, 9.17) is 0 Å². The number of anilines is 2. The van der Waals surface area contributed by atoms with Crippen molar-refractivity contribution in [3.8, 4) is 0 Å². The highest BCUT2D eigenvalue weighted by molar-refractivity contribution is 6.10. The molecule has 2 aromatic heterocycles. The van der Waals surface area contributed by atoms with E-state index in [-0.39, 0.29) is 12.5 Å². The van der Waals surface area contributed by atoms with Gasteiger partial charge in [0.1, 0.15) is 11.6 Å². The zero-order valence-corrected chi connectivity index (χ0v) is 17.1. The molecule has 1 saturated heterocycles. The number of nitrogens with zero attached hydrogens (tertiary/aromatic N) is 5. The molecule has 3 heterocycles. The fourth-order valence-corrected chi connectivity index (χ4v) is 4.44. The Morgan fingerprint density at radius 1 is 1.23 bits per heavy atom. The van der Waals surface area contributed by atoms with Gasteiger partial charge in [0.2, 0.25) is 0 Å². The lowest BCUT2D eigenvalue weighted by molar-refractivity contribution is 0.102. The average molecular weight is 406 g/mol. The summed E-state index contributed by atoms with van der Waals surface area (Å²) in [4.78, 5) is 23.9. The number of aliphatic hydroxyl groups excluding tert-OH is 1. The monoisotopic (exact) mass is 406 g/mol. The fourth-order valence-electron chi connectivity index (χ4n) is 4.44. The third kappa shape index (κ3) is 3.52. The molecule has 0 radical (unpaired) electrons. The van der Waals surface area contributed by atoms with Crippen LogP contribution in [0.15, 0.2) is 30.6 Å². The number of amides is 1. The van der Waals surface area contributed by atoms with Gasteiger partial charge in [-0.2, -0.15) is 5.10 Å². The van der Waals surface area contributed by atoms with Crippen molar-refractivity contribution < 1.29 is 9.90 Å². The molecule has 1 saturated carbocycles. The summed E-state index contributed by atoms with van der Waals surface area (Å²) in [5, 5.41) is 17.5. The van der Waals surface area contributed by atoms with Crippen LogP contribution < -0.4 is 10.2 Å². The molecule has 8 heteroatoms. The number of piperidine rings is 1. The van der Waals surface area contributed by atoms with E-state index in [1.807, 2.05) is 12.1 Å². The van der Waals surface area contributed by atoms with Gasteiger partial charge in [0.25, 0.3) is 5.91 Å². The van der Waals surface area contributed by atoms with Crippen molar-refractivity contribution in [2.24, 2.45) is 5.41 Å². The van der Waals surface area contributed by atoms with Gasteiger partial charge in [-0.3, -0.25) is 9.48 Å². The molecule has 2 N–H and O–H groups in total. The highest BCUT2D eigenvalue weighted by Crippen LogP contribution is 2.54. The van der Waals surface area contributed by atoms with E-state index in [9.17, 15) is 9.90 Å². The summed E-state index contributed by atoms with van der Waals surface area (Å²) in [5.74, 6) is 0.913. The minimum absolute atomic E-state index is 0.0215. The Labute approximate surface area is 174 Å². The summed E-state index contributed by atoms with van der Waals surface area (Å²) >= 11 is 0. The lowest BCUT2D eigenvalue weighted by Gasteiger charge is -2.35. The molecule has 156 valence electrons. The van der Waals surface area contributed by atoms with Gasteiger partial charge in [0.15, 0.2) is 0 Å². The molecule has 2 fully saturated rings. The Hall–Kier alpha value is -3.00. The first kappa shape index (κ1) is 19.0. The number of aliphatic hydroxyl groups is 1. The molecule has 0 unspecified atom stereocenters. The minimum atomic E-state index is -0.188. The van der Waals surface area contributed by atoms with Crippen LogP contribution >= 0.6 is 0 Å². The van der Waals surface area contributed by atoms with Gasteiger partial charge in [-0.25, -0.2) is 9.97 Å². The maximum Gasteiger partial charge on any atom is 0.258 e. The summed E-state index contributed by atoms with van der Waals surface area (Å²) < 4.78 is 1.79. The van der Waals surface area contributed by atoms with Crippen LogP contribution in [0.3, 0.4) is 0 Å². The molecule has 0 atom stereocenters. The summed E-state index contributed by atoms with van der Waals surface area (Å²) in [6.45, 7) is 4.15. The zero-order chi connectivity index (χ0) is 20.7. The van der Waals surface area contributed by atoms with Crippen LogP contribution in [0.1, 0.15) is 41.9 Å². The molecule has 30 heavy (non-hydrogen) atoms.